The zero-order chi connectivity index (χ0) is 13.2. The van der Waals surface area contributed by atoms with E-state index in [1.54, 1.807) is 13.3 Å². The highest BCUT2D eigenvalue weighted by molar-refractivity contribution is 7.80. The molecule has 18 heavy (non-hydrogen) atoms. The average Bonchev–Trinajstić information content (AvgIpc) is 2.40. The molecule has 0 amide bonds. The van der Waals surface area contributed by atoms with Crippen LogP contribution in [-0.4, -0.2) is 25.0 Å². The second kappa shape index (κ2) is 8.47. The van der Waals surface area contributed by atoms with Crippen molar-refractivity contribution in [2.75, 3.05) is 13.7 Å². The molecule has 0 bridgehead atoms. The van der Waals surface area contributed by atoms with Crippen LogP contribution < -0.4 is 15.5 Å². The van der Waals surface area contributed by atoms with Gasteiger partial charge in [0.25, 0.3) is 0 Å². The van der Waals surface area contributed by atoms with Crippen LogP contribution in [0, 0.1) is 0 Å². The van der Waals surface area contributed by atoms with E-state index in [0.29, 0.717) is 5.11 Å². The maximum absolute atomic E-state index is 5.08. The van der Waals surface area contributed by atoms with E-state index in [0.717, 1.165) is 30.7 Å². The Balaban J connectivity index is 2.32. The smallest absolute Gasteiger partial charge is 0.186 e. The second-order valence-corrected chi connectivity index (χ2v) is 4.16. The Morgan fingerprint density at radius 1 is 1.39 bits per heavy atom. The summed E-state index contributed by atoms with van der Waals surface area (Å²) in [4.78, 5) is 0. The van der Waals surface area contributed by atoms with Crippen LogP contribution in [0.1, 0.15) is 25.3 Å². The number of thiocarbonyl (C=S) groups is 1. The largest absolute Gasteiger partial charge is 0.497 e. The van der Waals surface area contributed by atoms with Crippen molar-refractivity contribution in [3.63, 3.8) is 0 Å². The molecular formula is C13H19N3OS. The molecule has 5 heteroatoms. The van der Waals surface area contributed by atoms with Crippen LogP contribution in [0.4, 0.5) is 0 Å². The average molecular weight is 265 g/mol. The van der Waals surface area contributed by atoms with Crippen LogP contribution in [0.5, 0.6) is 5.75 Å². The van der Waals surface area contributed by atoms with E-state index in [-0.39, 0.29) is 0 Å². The highest BCUT2D eigenvalue weighted by Gasteiger charge is 1.92. The summed E-state index contributed by atoms with van der Waals surface area (Å²) >= 11 is 5.07. The van der Waals surface area contributed by atoms with Gasteiger partial charge in [-0.1, -0.05) is 13.3 Å². The molecule has 0 aromatic heterocycles. The van der Waals surface area contributed by atoms with E-state index in [9.17, 15) is 0 Å². The number of ether oxygens (including phenoxy) is 1. The van der Waals surface area contributed by atoms with Gasteiger partial charge < -0.3 is 10.1 Å². The molecule has 1 rings (SSSR count). The van der Waals surface area contributed by atoms with Gasteiger partial charge in [-0.05, 0) is 48.5 Å². The Kier molecular flexibility index (Phi) is 6.79. The predicted molar refractivity (Wildman–Crippen MR) is 79.2 cm³/mol. The molecule has 0 fully saturated rings. The molecule has 0 aliphatic rings. The lowest BCUT2D eigenvalue weighted by atomic mass is 10.2. The fourth-order valence-corrected chi connectivity index (χ4v) is 1.43. The van der Waals surface area contributed by atoms with Crippen molar-refractivity contribution >= 4 is 23.5 Å². The van der Waals surface area contributed by atoms with E-state index in [1.807, 2.05) is 24.3 Å². The van der Waals surface area contributed by atoms with Crippen molar-refractivity contribution in [2.45, 2.75) is 19.8 Å². The van der Waals surface area contributed by atoms with Crippen LogP contribution in [0.3, 0.4) is 0 Å². The summed E-state index contributed by atoms with van der Waals surface area (Å²) in [6, 6.07) is 7.63. The number of unbranched alkanes of at least 4 members (excludes halogenated alkanes) is 1. The monoisotopic (exact) mass is 265 g/mol. The van der Waals surface area contributed by atoms with E-state index in [2.05, 4.69) is 22.8 Å². The minimum Gasteiger partial charge on any atom is -0.497 e. The first-order valence-electron chi connectivity index (χ1n) is 5.97. The standard InChI is InChI=1S/C13H19N3OS/c1-3-4-9-14-13(18)16-15-10-11-5-7-12(17-2)8-6-11/h5-8,10H,3-4,9H2,1-2H3,(H2,14,16,18). The Bertz CT molecular complexity index is 390. The third-order valence-electron chi connectivity index (χ3n) is 2.31. The van der Waals surface area contributed by atoms with Gasteiger partial charge in [-0.15, -0.1) is 0 Å². The van der Waals surface area contributed by atoms with Crippen molar-refractivity contribution in [1.29, 1.82) is 0 Å². The van der Waals surface area contributed by atoms with E-state index in [1.165, 1.54) is 0 Å². The summed E-state index contributed by atoms with van der Waals surface area (Å²) in [5, 5.41) is 7.68. The van der Waals surface area contributed by atoms with Crippen LogP contribution >= 0.6 is 12.2 Å². The number of nitrogens with one attached hydrogen (secondary N) is 2. The Hall–Kier alpha value is -1.62. The second-order valence-electron chi connectivity index (χ2n) is 3.75. The summed E-state index contributed by atoms with van der Waals surface area (Å²) in [5.74, 6) is 0.830. The van der Waals surface area contributed by atoms with Crippen LogP contribution in [0.2, 0.25) is 0 Å². The van der Waals surface area contributed by atoms with Gasteiger partial charge in [0.05, 0.1) is 13.3 Å². The molecule has 0 spiro atoms. The molecule has 0 heterocycles. The summed E-state index contributed by atoms with van der Waals surface area (Å²) in [6.07, 6.45) is 3.96. The number of hydrazone groups is 1. The van der Waals surface area contributed by atoms with Crippen LogP contribution in [0.15, 0.2) is 29.4 Å². The van der Waals surface area contributed by atoms with Gasteiger partial charge in [-0.3, -0.25) is 5.43 Å². The minimum absolute atomic E-state index is 0.549. The lowest BCUT2D eigenvalue weighted by molar-refractivity contribution is 0.415. The van der Waals surface area contributed by atoms with Gasteiger partial charge in [0, 0.05) is 6.54 Å². The number of rotatable bonds is 6. The highest BCUT2D eigenvalue weighted by Crippen LogP contribution is 2.09. The number of benzene rings is 1. The molecule has 2 N–H and O–H groups in total. The first-order chi connectivity index (χ1) is 8.76. The van der Waals surface area contributed by atoms with Crippen molar-refractivity contribution in [2.24, 2.45) is 5.10 Å². The molecule has 0 radical (unpaired) electrons. The fraction of sp³-hybridized carbons (Fsp3) is 0.385. The maximum Gasteiger partial charge on any atom is 0.186 e. The van der Waals surface area contributed by atoms with Crippen LogP contribution in [0.25, 0.3) is 0 Å². The first-order valence-corrected chi connectivity index (χ1v) is 6.38. The van der Waals surface area contributed by atoms with Gasteiger partial charge in [-0.25, -0.2) is 0 Å². The van der Waals surface area contributed by atoms with Crippen molar-refractivity contribution < 1.29 is 4.74 Å². The number of nitrogens with zero attached hydrogens (tertiary/aromatic N) is 1. The van der Waals surface area contributed by atoms with Gasteiger partial charge in [0.1, 0.15) is 5.75 Å². The first kappa shape index (κ1) is 14.4. The fourth-order valence-electron chi connectivity index (χ4n) is 1.27. The van der Waals surface area contributed by atoms with Crippen molar-refractivity contribution in [1.82, 2.24) is 10.7 Å². The summed E-state index contributed by atoms with van der Waals surface area (Å²) in [7, 11) is 1.64. The molecular weight excluding hydrogens is 246 g/mol. The van der Waals surface area contributed by atoms with Crippen molar-refractivity contribution in [3.05, 3.63) is 29.8 Å². The van der Waals surface area contributed by atoms with Gasteiger partial charge in [0.2, 0.25) is 0 Å². The number of hydrogen-bond donors (Lipinski definition) is 2. The van der Waals surface area contributed by atoms with Crippen molar-refractivity contribution in [3.8, 4) is 5.75 Å². The molecule has 1 aromatic carbocycles. The summed E-state index contributed by atoms with van der Waals surface area (Å²) in [6.45, 7) is 3.01. The molecule has 0 aliphatic carbocycles. The lowest BCUT2D eigenvalue weighted by Crippen LogP contribution is -2.32. The minimum atomic E-state index is 0.549. The Morgan fingerprint density at radius 2 is 2.11 bits per heavy atom. The molecule has 0 saturated carbocycles. The molecule has 1 aromatic rings. The summed E-state index contributed by atoms with van der Waals surface area (Å²) < 4.78 is 5.08. The Morgan fingerprint density at radius 3 is 2.72 bits per heavy atom. The lowest BCUT2D eigenvalue weighted by Gasteiger charge is -2.05. The predicted octanol–water partition coefficient (Wildman–Crippen LogP) is 2.29. The molecule has 0 unspecified atom stereocenters. The van der Waals surface area contributed by atoms with E-state index in [4.69, 9.17) is 17.0 Å². The van der Waals surface area contributed by atoms with E-state index < -0.39 is 0 Å². The number of methoxy groups -OCH3 is 1. The van der Waals surface area contributed by atoms with Gasteiger partial charge >= 0.3 is 0 Å². The number of hydrogen-bond acceptors (Lipinski definition) is 3. The zero-order valence-corrected chi connectivity index (χ0v) is 11.6. The highest BCUT2D eigenvalue weighted by atomic mass is 32.1. The quantitative estimate of drug-likeness (QED) is 0.358. The normalized spacial score (nSPS) is 10.3. The third-order valence-corrected chi connectivity index (χ3v) is 2.55. The SMILES string of the molecule is CCCCNC(=S)NN=Cc1ccc(OC)cc1. The summed E-state index contributed by atoms with van der Waals surface area (Å²) in [5.41, 5.74) is 3.76. The maximum atomic E-state index is 5.08. The van der Waals surface area contributed by atoms with Gasteiger partial charge in [0.15, 0.2) is 5.11 Å². The zero-order valence-electron chi connectivity index (χ0n) is 10.8. The molecule has 4 nitrogen and oxygen atoms in total. The Labute approximate surface area is 113 Å². The van der Waals surface area contributed by atoms with E-state index >= 15 is 0 Å². The molecule has 0 aliphatic heterocycles. The molecule has 0 atom stereocenters. The molecule has 98 valence electrons. The molecule has 0 saturated heterocycles. The topological polar surface area (TPSA) is 45.7 Å². The third kappa shape index (κ3) is 5.63. The van der Waals surface area contributed by atoms with Crippen LogP contribution in [-0.2, 0) is 0 Å². The van der Waals surface area contributed by atoms with Gasteiger partial charge in [-0.2, -0.15) is 5.10 Å².